The molecule has 11 nitrogen and oxygen atoms in total. The number of carbonyl (C=O) groups is 2. The van der Waals surface area contributed by atoms with Crippen molar-refractivity contribution in [2.45, 2.75) is 25.3 Å². The number of nitrogens with one attached hydrogen (secondary N) is 4. The summed E-state index contributed by atoms with van der Waals surface area (Å²) in [4.78, 5) is 40.8. The number of anilines is 4. The number of aliphatic imine (C=N–C) groups is 2. The number of alkyl halides is 3. The van der Waals surface area contributed by atoms with Gasteiger partial charge in [-0.2, -0.15) is 13.2 Å². The highest BCUT2D eigenvalue weighted by Gasteiger charge is 2.33. The Morgan fingerprint density at radius 2 is 1.85 bits per heavy atom. The van der Waals surface area contributed by atoms with Crippen LogP contribution < -0.4 is 25.6 Å². The van der Waals surface area contributed by atoms with Crippen LogP contribution in [0, 0.1) is 0 Å². The highest BCUT2D eigenvalue weighted by Crippen LogP contribution is 2.34. The summed E-state index contributed by atoms with van der Waals surface area (Å²) < 4.78 is 46.4. The molecule has 2 aromatic carbocycles. The number of rotatable bonds is 6. The number of halogens is 3. The Hall–Kier alpha value is -5.01. The van der Waals surface area contributed by atoms with Gasteiger partial charge in [-0.15, -0.1) is 0 Å². The molecule has 0 saturated carbocycles. The van der Waals surface area contributed by atoms with E-state index in [4.69, 9.17) is 4.74 Å². The number of aromatic amines is 1. The number of urea groups is 1. The molecule has 4 N–H and O–H groups in total. The number of amides is 3. The van der Waals surface area contributed by atoms with Crippen LogP contribution in [-0.2, 0) is 6.18 Å². The predicted octanol–water partition coefficient (Wildman–Crippen LogP) is 5.15. The van der Waals surface area contributed by atoms with E-state index in [1.54, 1.807) is 24.2 Å². The molecular weight excluding hydrogens is 541 g/mol. The highest BCUT2D eigenvalue weighted by atomic mass is 19.4. The third kappa shape index (κ3) is 5.95. The van der Waals surface area contributed by atoms with Crippen molar-refractivity contribution in [1.29, 1.82) is 0 Å². The molecular formula is C27H27F3N8O3. The van der Waals surface area contributed by atoms with Crippen LogP contribution in [0.4, 0.5) is 40.8 Å². The molecule has 41 heavy (non-hydrogen) atoms. The molecule has 2 unspecified atom stereocenters. The maximum atomic E-state index is 13.7. The molecule has 0 bridgehead atoms. The first-order valence-electron chi connectivity index (χ1n) is 12.5. The average molecular weight is 569 g/mol. The second-order valence-corrected chi connectivity index (χ2v) is 9.58. The second kappa shape index (κ2) is 10.9. The molecule has 3 aromatic rings. The Bertz CT molecular complexity index is 1530. The van der Waals surface area contributed by atoms with Crippen LogP contribution >= 0.6 is 0 Å². The Morgan fingerprint density at radius 1 is 1.10 bits per heavy atom. The van der Waals surface area contributed by atoms with Gasteiger partial charge in [0.15, 0.2) is 6.17 Å². The number of methoxy groups -OCH3 is 1. The fourth-order valence-electron chi connectivity index (χ4n) is 4.49. The van der Waals surface area contributed by atoms with Crippen molar-refractivity contribution < 1.29 is 27.5 Å². The molecule has 3 heterocycles. The van der Waals surface area contributed by atoms with Crippen LogP contribution in [0.25, 0.3) is 0 Å². The second-order valence-electron chi connectivity index (χ2n) is 9.58. The van der Waals surface area contributed by atoms with Crippen LogP contribution in [0.5, 0.6) is 5.75 Å². The number of fused-ring (bicyclic) bond motifs is 1. The first kappa shape index (κ1) is 27.6. The van der Waals surface area contributed by atoms with Crippen molar-refractivity contribution in [2.75, 3.05) is 41.6 Å². The lowest BCUT2D eigenvalue weighted by atomic mass is 10.1. The van der Waals surface area contributed by atoms with Gasteiger partial charge in [0.25, 0.3) is 5.91 Å². The number of carbonyl (C=O) groups excluding carboxylic acids is 2. The zero-order valence-electron chi connectivity index (χ0n) is 22.3. The lowest BCUT2D eigenvalue weighted by molar-refractivity contribution is -0.137. The van der Waals surface area contributed by atoms with Gasteiger partial charge in [-0.3, -0.25) is 9.79 Å². The summed E-state index contributed by atoms with van der Waals surface area (Å²) >= 11 is 0. The standard InChI is InChI=1S/C27H27F3N8O3/c1-15-12-38(14-34-15)20-7-16(6-17(8-20)27(28,29)30)25(39)35-18-9-19(11-21(10-18)41-3)36-26(40)37(2)24-22-4-5-31-23(22)32-13-33-24/h4-11,13-15,24,31H,12H2,1-3H3,(H,32,33)(H,35,39)(H,36,40). The molecule has 3 amide bonds. The number of ether oxygens (including phenoxy) is 1. The quantitative estimate of drug-likeness (QED) is 0.327. The third-order valence-corrected chi connectivity index (χ3v) is 6.58. The van der Waals surface area contributed by atoms with Gasteiger partial charge in [-0.1, -0.05) is 0 Å². The maximum Gasteiger partial charge on any atom is 0.416 e. The van der Waals surface area contributed by atoms with E-state index in [9.17, 15) is 22.8 Å². The van der Waals surface area contributed by atoms with Gasteiger partial charge in [0.1, 0.15) is 11.6 Å². The minimum Gasteiger partial charge on any atom is -0.497 e. The predicted molar refractivity (Wildman–Crippen MR) is 150 cm³/mol. The number of benzene rings is 2. The molecule has 14 heteroatoms. The number of nitrogens with zero attached hydrogens (tertiary/aromatic N) is 4. The highest BCUT2D eigenvalue weighted by molar-refractivity contribution is 6.06. The SMILES string of the molecule is COc1cc(NC(=O)c2cc(N3C=NC(C)C3)cc(C(F)(F)F)c2)cc(NC(=O)N(C)C2N=CNc3[nH]ccc32)c1. The van der Waals surface area contributed by atoms with E-state index in [0.717, 1.165) is 23.5 Å². The Morgan fingerprint density at radius 3 is 2.54 bits per heavy atom. The Kier molecular flexibility index (Phi) is 7.30. The lowest BCUT2D eigenvalue weighted by Gasteiger charge is -2.27. The van der Waals surface area contributed by atoms with Crippen molar-refractivity contribution in [3.8, 4) is 5.75 Å². The van der Waals surface area contributed by atoms with E-state index in [2.05, 4.69) is 30.9 Å². The molecule has 2 atom stereocenters. The normalized spacial score (nSPS) is 17.6. The fraction of sp³-hybridized carbons (Fsp3) is 0.259. The number of aromatic nitrogens is 1. The molecule has 0 fully saturated rings. The number of hydrogen-bond acceptors (Lipinski definition) is 7. The van der Waals surface area contributed by atoms with Gasteiger partial charge in [-0.25, -0.2) is 9.79 Å². The fourth-order valence-corrected chi connectivity index (χ4v) is 4.49. The largest absolute Gasteiger partial charge is 0.497 e. The van der Waals surface area contributed by atoms with Gasteiger partial charge in [0, 0.05) is 60.1 Å². The van der Waals surface area contributed by atoms with Gasteiger partial charge in [-0.05, 0) is 37.3 Å². The topological polar surface area (TPSA) is 126 Å². The summed E-state index contributed by atoms with van der Waals surface area (Å²) in [5.74, 6) is 0.258. The minimum absolute atomic E-state index is 0.0852. The van der Waals surface area contributed by atoms with Crippen molar-refractivity contribution in [2.24, 2.45) is 9.98 Å². The summed E-state index contributed by atoms with van der Waals surface area (Å²) in [5.41, 5.74) is 0.318. The summed E-state index contributed by atoms with van der Waals surface area (Å²) in [6, 6.07) is 8.90. The number of hydrogen-bond donors (Lipinski definition) is 4. The van der Waals surface area contributed by atoms with E-state index < -0.39 is 29.8 Å². The summed E-state index contributed by atoms with van der Waals surface area (Å²) in [6.45, 7) is 2.23. The van der Waals surface area contributed by atoms with Gasteiger partial charge in [0.05, 0.1) is 31.4 Å². The first-order valence-corrected chi connectivity index (χ1v) is 12.5. The van der Waals surface area contributed by atoms with Crippen molar-refractivity contribution in [1.82, 2.24) is 9.88 Å². The smallest absolute Gasteiger partial charge is 0.416 e. The molecule has 5 rings (SSSR count). The van der Waals surface area contributed by atoms with Gasteiger partial charge >= 0.3 is 12.2 Å². The molecule has 2 aliphatic heterocycles. The van der Waals surface area contributed by atoms with Crippen molar-refractivity contribution in [3.63, 3.8) is 0 Å². The van der Waals surface area contributed by atoms with E-state index >= 15 is 0 Å². The van der Waals surface area contributed by atoms with E-state index in [-0.39, 0.29) is 28.7 Å². The Labute approximate surface area is 233 Å². The van der Waals surface area contributed by atoms with Crippen LogP contribution in [-0.4, -0.2) is 61.2 Å². The summed E-state index contributed by atoms with van der Waals surface area (Å²) in [5, 5.41) is 8.33. The van der Waals surface area contributed by atoms with Crippen LogP contribution in [0.15, 0.2) is 58.6 Å². The van der Waals surface area contributed by atoms with Crippen molar-refractivity contribution in [3.05, 3.63) is 65.4 Å². The van der Waals surface area contributed by atoms with E-state index in [1.165, 1.54) is 42.9 Å². The molecule has 2 aliphatic rings. The van der Waals surface area contributed by atoms with Crippen LogP contribution in [0.1, 0.15) is 34.6 Å². The van der Waals surface area contributed by atoms with Crippen LogP contribution in [0.3, 0.4) is 0 Å². The van der Waals surface area contributed by atoms with E-state index in [0.29, 0.717) is 12.3 Å². The molecule has 0 radical (unpaired) electrons. The minimum atomic E-state index is -4.66. The molecule has 214 valence electrons. The summed E-state index contributed by atoms with van der Waals surface area (Å²) in [6.07, 6.45) is -0.563. The molecule has 0 aliphatic carbocycles. The number of H-pyrrole nitrogens is 1. The Balaban J connectivity index is 1.36. The molecule has 0 saturated heterocycles. The van der Waals surface area contributed by atoms with Crippen molar-refractivity contribution >= 4 is 47.5 Å². The summed E-state index contributed by atoms with van der Waals surface area (Å²) in [7, 11) is 2.99. The van der Waals surface area contributed by atoms with Gasteiger partial charge in [0.2, 0.25) is 0 Å². The molecule has 0 spiro atoms. The van der Waals surface area contributed by atoms with Gasteiger partial charge < -0.3 is 35.5 Å². The monoisotopic (exact) mass is 568 g/mol. The zero-order valence-corrected chi connectivity index (χ0v) is 22.3. The van der Waals surface area contributed by atoms with E-state index in [1.807, 2.05) is 13.0 Å². The lowest BCUT2D eigenvalue weighted by Crippen LogP contribution is -2.35. The third-order valence-electron chi connectivity index (χ3n) is 6.58. The maximum absolute atomic E-state index is 13.7. The first-order chi connectivity index (χ1) is 19.5. The molecule has 1 aromatic heterocycles. The average Bonchev–Trinajstić information content (AvgIpc) is 3.60. The zero-order chi connectivity index (χ0) is 29.3. The van der Waals surface area contributed by atoms with Crippen LogP contribution in [0.2, 0.25) is 0 Å².